The second kappa shape index (κ2) is 5.54. The predicted octanol–water partition coefficient (Wildman–Crippen LogP) is 2.42. The van der Waals surface area contributed by atoms with Crippen LogP contribution in [0.4, 0.5) is 0 Å². The van der Waals surface area contributed by atoms with Gasteiger partial charge >= 0.3 is 0 Å². The number of hydrogen-bond acceptors (Lipinski definition) is 5. The molecule has 0 N–H and O–H groups in total. The summed E-state index contributed by atoms with van der Waals surface area (Å²) in [5.74, 6) is 1.08. The Bertz CT molecular complexity index is 616. The van der Waals surface area contributed by atoms with E-state index in [0.717, 1.165) is 31.2 Å². The fraction of sp³-hybridized carbons (Fsp3) is 0.615. The van der Waals surface area contributed by atoms with Gasteiger partial charge in [-0.25, -0.2) is 0 Å². The molecule has 0 aromatic carbocycles. The molecule has 1 aliphatic rings. The fourth-order valence-electron chi connectivity index (χ4n) is 2.59. The molecule has 1 aliphatic carbocycles. The number of fused-ring (bicyclic) bond motifs is 1. The first kappa shape index (κ1) is 13.6. The van der Waals surface area contributed by atoms with E-state index in [-0.39, 0.29) is 12.2 Å². The summed E-state index contributed by atoms with van der Waals surface area (Å²) in [6.07, 6.45) is 5.90. The predicted molar refractivity (Wildman–Crippen MR) is 74.2 cm³/mol. The lowest BCUT2D eigenvalue weighted by Gasteiger charge is -2.29. The van der Waals surface area contributed by atoms with E-state index in [0.29, 0.717) is 16.8 Å². The van der Waals surface area contributed by atoms with Crippen LogP contribution >= 0.6 is 11.6 Å². The molecule has 1 saturated carbocycles. The van der Waals surface area contributed by atoms with Gasteiger partial charge in [-0.2, -0.15) is 19.6 Å². The van der Waals surface area contributed by atoms with Crippen LogP contribution in [0.1, 0.15) is 31.2 Å². The summed E-state index contributed by atoms with van der Waals surface area (Å²) in [7, 11) is 1.75. The molecule has 108 valence electrons. The molecule has 0 amide bonds. The summed E-state index contributed by atoms with van der Waals surface area (Å²) in [6.45, 7) is 1.88. The third-order valence-corrected chi connectivity index (χ3v) is 4.11. The van der Waals surface area contributed by atoms with Gasteiger partial charge in [0.05, 0.1) is 6.10 Å². The number of hydrogen-bond donors (Lipinski definition) is 0. The van der Waals surface area contributed by atoms with Crippen molar-refractivity contribution < 1.29 is 9.47 Å². The molecule has 3 rings (SSSR count). The van der Waals surface area contributed by atoms with Crippen LogP contribution in [0.5, 0.6) is 5.88 Å². The van der Waals surface area contributed by atoms with E-state index in [1.54, 1.807) is 11.6 Å². The van der Waals surface area contributed by atoms with Gasteiger partial charge in [0.25, 0.3) is 5.78 Å². The number of rotatable bonds is 3. The van der Waals surface area contributed by atoms with Crippen molar-refractivity contribution in [3.8, 4) is 5.88 Å². The average molecular weight is 297 g/mol. The molecular weight excluding hydrogens is 280 g/mol. The van der Waals surface area contributed by atoms with Gasteiger partial charge in [-0.3, -0.25) is 0 Å². The molecule has 2 heterocycles. The van der Waals surface area contributed by atoms with Crippen LogP contribution in [0.2, 0.25) is 5.15 Å². The summed E-state index contributed by atoms with van der Waals surface area (Å²) < 4.78 is 13.2. The van der Waals surface area contributed by atoms with E-state index >= 15 is 0 Å². The maximum Gasteiger partial charge on any atom is 0.256 e. The molecule has 2 atom stereocenters. The van der Waals surface area contributed by atoms with Crippen LogP contribution in [0.25, 0.3) is 5.78 Å². The number of methoxy groups -OCH3 is 1. The van der Waals surface area contributed by atoms with Crippen molar-refractivity contribution >= 4 is 17.4 Å². The van der Waals surface area contributed by atoms with Crippen LogP contribution in [-0.4, -0.2) is 38.9 Å². The first-order valence-electron chi connectivity index (χ1n) is 6.74. The Kier molecular flexibility index (Phi) is 3.76. The number of nitrogens with zero attached hydrogens (tertiary/aromatic N) is 4. The first-order valence-corrected chi connectivity index (χ1v) is 7.12. The Hall–Kier alpha value is -1.40. The summed E-state index contributed by atoms with van der Waals surface area (Å²) in [4.78, 5) is 8.23. The van der Waals surface area contributed by atoms with Crippen LogP contribution < -0.4 is 4.74 Å². The van der Waals surface area contributed by atoms with Crippen LogP contribution in [0.3, 0.4) is 0 Å². The van der Waals surface area contributed by atoms with Crippen molar-refractivity contribution in [2.75, 3.05) is 7.11 Å². The third-order valence-electron chi connectivity index (χ3n) is 3.74. The lowest BCUT2D eigenvalue weighted by Crippen LogP contribution is -2.30. The monoisotopic (exact) mass is 296 g/mol. The van der Waals surface area contributed by atoms with Gasteiger partial charge in [0.15, 0.2) is 0 Å². The highest BCUT2D eigenvalue weighted by Crippen LogP contribution is 2.29. The molecular formula is C13H17ClN4O2. The van der Waals surface area contributed by atoms with E-state index in [1.807, 2.05) is 6.92 Å². The minimum Gasteiger partial charge on any atom is -0.474 e. The largest absolute Gasteiger partial charge is 0.474 e. The van der Waals surface area contributed by atoms with Gasteiger partial charge < -0.3 is 9.47 Å². The highest BCUT2D eigenvalue weighted by atomic mass is 35.5. The molecule has 0 bridgehead atoms. The Morgan fingerprint density at radius 1 is 1.35 bits per heavy atom. The smallest absolute Gasteiger partial charge is 0.256 e. The fourth-order valence-corrected chi connectivity index (χ4v) is 2.75. The number of ether oxygens (including phenoxy) is 2. The van der Waals surface area contributed by atoms with Gasteiger partial charge in [-0.1, -0.05) is 11.6 Å². The summed E-state index contributed by atoms with van der Waals surface area (Å²) in [5, 5.41) is 4.56. The molecule has 0 saturated heterocycles. The Balaban J connectivity index is 1.90. The lowest BCUT2D eigenvalue weighted by molar-refractivity contribution is 0.0185. The Morgan fingerprint density at radius 2 is 2.15 bits per heavy atom. The zero-order valence-electron chi connectivity index (χ0n) is 11.5. The zero-order valence-corrected chi connectivity index (χ0v) is 12.3. The van der Waals surface area contributed by atoms with E-state index in [1.165, 1.54) is 6.33 Å². The van der Waals surface area contributed by atoms with E-state index in [2.05, 4.69) is 15.1 Å². The summed E-state index contributed by atoms with van der Waals surface area (Å²) in [6, 6.07) is 0. The molecule has 7 heteroatoms. The van der Waals surface area contributed by atoms with Gasteiger partial charge in [0.1, 0.15) is 17.6 Å². The zero-order chi connectivity index (χ0) is 14.1. The molecule has 2 aromatic rings. The first-order chi connectivity index (χ1) is 9.69. The average Bonchev–Trinajstić information content (AvgIpc) is 2.92. The molecule has 0 radical (unpaired) electrons. The van der Waals surface area contributed by atoms with Gasteiger partial charge in [-0.15, -0.1) is 0 Å². The SMILES string of the molecule is COC1CCCC(Oc2c(C)c(Cl)nc3ncnn23)C1. The van der Waals surface area contributed by atoms with Crippen LogP contribution in [0, 0.1) is 6.92 Å². The van der Waals surface area contributed by atoms with Gasteiger partial charge in [0.2, 0.25) is 5.88 Å². The topological polar surface area (TPSA) is 61.5 Å². The summed E-state index contributed by atoms with van der Waals surface area (Å²) in [5.41, 5.74) is 0.782. The molecule has 0 spiro atoms. The highest BCUT2D eigenvalue weighted by molar-refractivity contribution is 6.30. The second-order valence-corrected chi connectivity index (χ2v) is 5.43. The van der Waals surface area contributed by atoms with Gasteiger partial charge in [0, 0.05) is 19.1 Å². The van der Waals surface area contributed by atoms with Crippen molar-refractivity contribution in [1.82, 2.24) is 19.6 Å². The molecule has 20 heavy (non-hydrogen) atoms. The minimum absolute atomic E-state index is 0.110. The molecule has 2 aromatic heterocycles. The van der Waals surface area contributed by atoms with E-state index in [4.69, 9.17) is 21.1 Å². The lowest BCUT2D eigenvalue weighted by atomic mass is 9.95. The quantitative estimate of drug-likeness (QED) is 0.814. The molecule has 0 aliphatic heterocycles. The van der Waals surface area contributed by atoms with E-state index < -0.39 is 0 Å². The maximum atomic E-state index is 6.13. The number of halogens is 1. The highest BCUT2D eigenvalue weighted by Gasteiger charge is 2.25. The normalized spacial score (nSPS) is 23.1. The third kappa shape index (κ3) is 2.45. The Morgan fingerprint density at radius 3 is 2.95 bits per heavy atom. The standard InChI is InChI=1S/C13H17ClN4O2/c1-8-11(14)17-13-15-7-16-18(13)12(8)20-10-5-3-4-9(6-10)19-2/h7,9-10H,3-6H2,1-2H3. The molecule has 1 fully saturated rings. The van der Waals surface area contributed by atoms with Crippen LogP contribution in [0.15, 0.2) is 6.33 Å². The van der Waals surface area contributed by atoms with Crippen molar-refractivity contribution in [3.63, 3.8) is 0 Å². The summed E-state index contributed by atoms with van der Waals surface area (Å²) >= 11 is 6.13. The van der Waals surface area contributed by atoms with Crippen molar-refractivity contribution in [2.24, 2.45) is 0 Å². The molecule has 6 nitrogen and oxygen atoms in total. The van der Waals surface area contributed by atoms with Crippen molar-refractivity contribution in [2.45, 2.75) is 44.8 Å². The van der Waals surface area contributed by atoms with E-state index in [9.17, 15) is 0 Å². The van der Waals surface area contributed by atoms with Crippen molar-refractivity contribution in [3.05, 3.63) is 17.0 Å². The number of aromatic nitrogens is 4. The maximum absolute atomic E-state index is 6.13. The van der Waals surface area contributed by atoms with Crippen LogP contribution in [-0.2, 0) is 4.74 Å². The second-order valence-electron chi connectivity index (χ2n) is 5.07. The van der Waals surface area contributed by atoms with Crippen molar-refractivity contribution in [1.29, 1.82) is 0 Å². The Labute approximate surface area is 122 Å². The minimum atomic E-state index is 0.110. The van der Waals surface area contributed by atoms with Gasteiger partial charge in [-0.05, 0) is 26.2 Å². The molecule has 2 unspecified atom stereocenters.